The maximum Gasteiger partial charge on any atom is 0.191 e. The van der Waals surface area contributed by atoms with Crippen LogP contribution in [-0.2, 0) is 16.0 Å². The second-order valence-electron chi connectivity index (χ2n) is 5.05. The molecule has 116 valence electrons. The first kappa shape index (κ1) is 15.8. The molecule has 21 heavy (non-hydrogen) atoms. The topological polar surface area (TPSA) is 54.9 Å². The molecule has 0 spiro atoms. The van der Waals surface area contributed by atoms with E-state index in [1.54, 1.807) is 7.05 Å². The molecule has 1 aliphatic heterocycles. The highest BCUT2D eigenvalue weighted by Crippen LogP contribution is 2.11. The van der Waals surface area contributed by atoms with E-state index in [1.807, 2.05) is 18.2 Å². The van der Waals surface area contributed by atoms with Crippen LogP contribution in [0, 0.1) is 0 Å². The molecule has 1 aromatic carbocycles. The van der Waals surface area contributed by atoms with Crippen LogP contribution in [0.25, 0.3) is 0 Å². The summed E-state index contributed by atoms with van der Waals surface area (Å²) in [5, 5.41) is 6.51. The molecule has 0 aliphatic carbocycles. The summed E-state index contributed by atoms with van der Waals surface area (Å²) in [6.45, 7) is 3.73. The number of guanidine groups is 1. The van der Waals surface area contributed by atoms with Gasteiger partial charge in [-0.2, -0.15) is 0 Å². The predicted octanol–water partition coefficient (Wildman–Crippen LogP) is 1.55. The van der Waals surface area contributed by atoms with Crippen LogP contribution in [0.5, 0.6) is 0 Å². The predicted molar refractivity (Wildman–Crippen MR) is 84.4 cm³/mol. The van der Waals surface area contributed by atoms with Gasteiger partial charge in [0.05, 0.1) is 19.3 Å². The first-order valence-electron chi connectivity index (χ1n) is 7.56. The summed E-state index contributed by atoms with van der Waals surface area (Å²) in [6.07, 6.45) is 2.57. The molecular weight excluding hydrogens is 266 g/mol. The second-order valence-corrected chi connectivity index (χ2v) is 5.05. The molecule has 2 N–H and O–H groups in total. The van der Waals surface area contributed by atoms with E-state index < -0.39 is 0 Å². The van der Waals surface area contributed by atoms with Gasteiger partial charge in [-0.05, 0) is 18.4 Å². The zero-order valence-corrected chi connectivity index (χ0v) is 12.7. The van der Waals surface area contributed by atoms with E-state index in [0.29, 0.717) is 19.3 Å². The second kappa shape index (κ2) is 9.37. The summed E-state index contributed by atoms with van der Waals surface area (Å²) in [5.41, 5.74) is 1.23. The fourth-order valence-electron chi connectivity index (χ4n) is 2.23. The van der Waals surface area contributed by atoms with Crippen molar-refractivity contribution in [1.29, 1.82) is 0 Å². The Kier molecular flexibility index (Phi) is 7.04. The van der Waals surface area contributed by atoms with Crippen LogP contribution in [0.15, 0.2) is 35.3 Å². The van der Waals surface area contributed by atoms with Crippen LogP contribution < -0.4 is 10.6 Å². The fourth-order valence-corrected chi connectivity index (χ4v) is 2.23. The maximum absolute atomic E-state index is 5.60. The van der Waals surface area contributed by atoms with Gasteiger partial charge in [0.2, 0.25) is 0 Å². The molecule has 0 amide bonds. The third kappa shape index (κ3) is 6.14. The van der Waals surface area contributed by atoms with Gasteiger partial charge in [0.25, 0.3) is 0 Å². The number of benzene rings is 1. The number of nitrogens with one attached hydrogen (secondary N) is 2. The van der Waals surface area contributed by atoms with Crippen LogP contribution in [0.1, 0.15) is 18.4 Å². The van der Waals surface area contributed by atoms with Crippen LogP contribution >= 0.6 is 0 Å². The molecule has 1 fully saturated rings. The normalized spacial score (nSPS) is 18.7. The zero-order valence-electron chi connectivity index (χ0n) is 12.7. The smallest absolute Gasteiger partial charge is 0.191 e. The van der Waals surface area contributed by atoms with E-state index in [1.165, 1.54) is 5.56 Å². The van der Waals surface area contributed by atoms with Crippen molar-refractivity contribution in [3.8, 4) is 0 Å². The molecule has 1 unspecified atom stereocenters. The van der Waals surface area contributed by atoms with Gasteiger partial charge in [-0.15, -0.1) is 0 Å². The Morgan fingerprint density at radius 1 is 1.33 bits per heavy atom. The first-order valence-corrected chi connectivity index (χ1v) is 7.56. The van der Waals surface area contributed by atoms with Crippen LogP contribution in [0.3, 0.4) is 0 Å². The Morgan fingerprint density at radius 3 is 2.90 bits per heavy atom. The minimum Gasteiger partial charge on any atom is -0.377 e. The van der Waals surface area contributed by atoms with Gasteiger partial charge in [-0.3, -0.25) is 4.99 Å². The highest BCUT2D eigenvalue weighted by atomic mass is 16.5. The van der Waals surface area contributed by atoms with Gasteiger partial charge in [-0.1, -0.05) is 30.3 Å². The van der Waals surface area contributed by atoms with E-state index in [4.69, 9.17) is 9.47 Å². The Bertz CT molecular complexity index is 417. The number of ether oxygens (including phenoxy) is 2. The molecule has 0 radical (unpaired) electrons. The average Bonchev–Trinajstić information content (AvgIpc) is 3.04. The largest absolute Gasteiger partial charge is 0.377 e. The lowest BCUT2D eigenvalue weighted by molar-refractivity contribution is 0.0191. The van der Waals surface area contributed by atoms with E-state index in [0.717, 1.165) is 38.5 Å². The van der Waals surface area contributed by atoms with Gasteiger partial charge in [0, 0.05) is 26.7 Å². The van der Waals surface area contributed by atoms with Gasteiger partial charge < -0.3 is 20.1 Å². The summed E-state index contributed by atoms with van der Waals surface area (Å²) in [5.74, 6) is 0.791. The van der Waals surface area contributed by atoms with Crippen molar-refractivity contribution in [2.24, 2.45) is 4.99 Å². The number of hydrogen-bond donors (Lipinski definition) is 2. The number of nitrogens with zero attached hydrogens (tertiary/aromatic N) is 1. The molecular formula is C16H25N3O2. The summed E-state index contributed by atoms with van der Waals surface area (Å²) < 4.78 is 11.1. The molecule has 5 nitrogen and oxygen atoms in total. The highest BCUT2D eigenvalue weighted by Gasteiger charge is 2.14. The van der Waals surface area contributed by atoms with Crippen LogP contribution in [0.2, 0.25) is 0 Å². The number of hydrogen-bond acceptors (Lipinski definition) is 3. The van der Waals surface area contributed by atoms with Crippen molar-refractivity contribution in [1.82, 2.24) is 10.6 Å². The third-order valence-corrected chi connectivity index (χ3v) is 3.39. The van der Waals surface area contributed by atoms with E-state index in [-0.39, 0.29) is 0 Å². The lowest BCUT2D eigenvalue weighted by Crippen LogP contribution is -2.38. The lowest BCUT2D eigenvalue weighted by atomic mass is 10.2. The molecule has 2 rings (SSSR count). The quantitative estimate of drug-likeness (QED) is 0.455. The first-order chi connectivity index (χ1) is 10.4. The maximum atomic E-state index is 5.60. The van der Waals surface area contributed by atoms with Gasteiger partial charge in [0.1, 0.15) is 0 Å². The minimum atomic E-state index is 0.292. The summed E-state index contributed by atoms with van der Waals surface area (Å²) in [4.78, 5) is 4.19. The molecule has 1 aromatic rings. The van der Waals surface area contributed by atoms with Crippen LogP contribution in [0.4, 0.5) is 0 Å². The van der Waals surface area contributed by atoms with Gasteiger partial charge in [0.15, 0.2) is 5.96 Å². The van der Waals surface area contributed by atoms with E-state index >= 15 is 0 Å². The molecule has 5 heteroatoms. The standard InChI is InChI=1S/C16H25N3O2/c1-17-16(19-12-14-6-3-2-4-7-14)18-9-11-20-13-15-8-5-10-21-15/h2-4,6-7,15H,5,8-13H2,1H3,(H2,17,18,19). The van der Waals surface area contributed by atoms with Crippen molar-refractivity contribution in [2.45, 2.75) is 25.5 Å². The molecule has 0 aromatic heterocycles. The number of rotatable bonds is 7. The molecule has 1 saturated heterocycles. The molecule has 0 saturated carbocycles. The minimum absolute atomic E-state index is 0.292. The third-order valence-electron chi connectivity index (χ3n) is 3.39. The molecule has 1 aliphatic rings. The Hall–Kier alpha value is -1.59. The van der Waals surface area contributed by atoms with E-state index in [9.17, 15) is 0 Å². The number of aliphatic imine (C=N–C) groups is 1. The molecule has 0 bridgehead atoms. The van der Waals surface area contributed by atoms with Gasteiger partial charge in [-0.25, -0.2) is 0 Å². The SMILES string of the molecule is CN=C(NCCOCC1CCCO1)NCc1ccccc1. The Morgan fingerprint density at radius 2 is 2.19 bits per heavy atom. The van der Waals surface area contributed by atoms with Crippen molar-refractivity contribution in [3.63, 3.8) is 0 Å². The van der Waals surface area contributed by atoms with Gasteiger partial charge >= 0.3 is 0 Å². The molecule has 1 atom stereocenters. The lowest BCUT2D eigenvalue weighted by Gasteiger charge is -2.13. The van der Waals surface area contributed by atoms with Crippen molar-refractivity contribution >= 4 is 5.96 Å². The fraction of sp³-hybridized carbons (Fsp3) is 0.562. The summed E-state index contributed by atoms with van der Waals surface area (Å²) >= 11 is 0. The van der Waals surface area contributed by atoms with Crippen LogP contribution in [-0.4, -0.2) is 45.5 Å². The summed E-state index contributed by atoms with van der Waals surface area (Å²) in [7, 11) is 1.77. The monoisotopic (exact) mass is 291 g/mol. The highest BCUT2D eigenvalue weighted by molar-refractivity contribution is 5.79. The zero-order chi connectivity index (χ0) is 14.8. The van der Waals surface area contributed by atoms with Crippen molar-refractivity contribution < 1.29 is 9.47 Å². The van der Waals surface area contributed by atoms with Crippen molar-refractivity contribution in [2.75, 3.05) is 33.4 Å². The average molecular weight is 291 g/mol. The summed E-state index contributed by atoms with van der Waals surface area (Å²) in [6, 6.07) is 10.3. The Balaban J connectivity index is 1.55. The Labute approximate surface area is 126 Å². The van der Waals surface area contributed by atoms with Crippen molar-refractivity contribution in [3.05, 3.63) is 35.9 Å². The molecule has 1 heterocycles. The van der Waals surface area contributed by atoms with E-state index in [2.05, 4.69) is 27.8 Å².